The van der Waals surface area contributed by atoms with E-state index in [4.69, 9.17) is 5.73 Å². The minimum atomic E-state index is 0.551. The molecule has 0 bridgehead atoms. The molecule has 0 saturated heterocycles. The SMILES string of the molecule is Cc1c(C)n(CCc2ccnn2C)c2ncnc(N)c12. The van der Waals surface area contributed by atoms with Gasteiger partial charge in [-0.1, -0.05) is 0 Å². The van der Waals surface area contributed by atoms with Crippen LogP contribution in [0.25, 0.3) is 11.0 Å². The fourth-order valence-electron chi connectivity index (χ4n) is 2.64. The topological polar surface area (TPSA) is 74.5 Å². The zero-order valence-electron chi connectivity index (χ0n) is 12.0. The van der Waals surface area contributed by atoms with Gasteiger partial charge in [-0.25, -0.2) is 9.97 Å². The van der Waals surface area contributed by atoms with Crippen molar-refractivity contribution in [2.24, 2.45) is 7.05 Å². The summed E-state index contributed by atoms with van der Waals surface area (Å²) in [6.45, 7) is 5.02. The Morgan fingerprint density at radius 2 is 2.05 bits per heavy atom. The van der Waals surface area contributed by atoms with Gasteiger partial charge in [0.05, 0.1) is 5.39 Å². The molecule has 0 unspecified atom stereocenters. The van der Waals surface area contributed by atoms with Gasteiger partial charge in [0.2, 0.25) is 0 Å². The van der Waals surface area contributed by atoms with Crippen LogP contribution in [0.5, 0.6) is 0 Å². The Kier molecular flexibility index (Phi) is 2.93. The minimum absolute atomic E-state index is 0.551. The number of hydrogen-bond acceptors (Lipinski definition) is 4. The molecule has 6 nitrogen and oxygen atoms in total. The molecule has 0 amide bonds. The van der Waals surface area contributed by atoms with Crippen LogP contribution in [0.2, 0.25) is 0 Å². The highest BCUT2D eigenvalue weighted by atomic mass is 15.3. The maximum Gasteiger partial charge on any atom is 0.145 e. The molecular formula is C14H18N6. The molecule has 0 radical (unpaired) electrons. The number of rotatable bonds is 3. The number of aromatic nitrogens is 5. The molecule has 0 atom stereocenters. The molecule has 0 aliphatic rings. The Morgan fingerprint density at radius 3 is 2.75 bits per heavy atom. The number of hydrogen-bond donors (Lipinski definition) is 1. The van der Waals surface area contributed by atoms with Gasteiger partial charge in [-0.2, -0.15) is 5.10 Å². The third-order valence-corrected chi connectivity index (χ3v) is 3.95. The van der Waals surface area contributed by atoms with Crippen LogP contribution in [0.4, 0.5) is 5.82 Å². The van der Waals surface area contributed by atoms with Crippen LogP contribution in [-0.2, 0) is 20.0 Å². The van der Waals surface area contributed by atoms with Crippen LogP contribution in [0, 0.1) is 13.8 Å². The zero-order valence-corrected chi connectivity index (χ0v) is 12.0. The molecule has 3 rings (SSSR count). The van der Waals surface area contributed by atoms with Gasteiger partial charge in [-0.05, 0) is 25.5 Å². The molecule has 104 valence electrons. The molecule has 0 aliphatic heterocycles. The Hall–Kier alpha value is -2.37. The molecule has 0 spiro atoms. The maximum absolute atomic E-state index is 5.98. The van der Waals surface area contributed by atoms with Gasteiger partial charge in [0.15, 0.2) is 0 Å². The monoisotopic (exact) mass is 270 g/mol. The summed E-state index contributed by atoms with van der Waals surface area (Å²) in [5.41, 5.74) is 10.4. The lowest BCUT2D eigenvalue weighted by molar-refractivity contribution is 0.637. The summed E-state index contributed by atoms with van der Waals surface area (Å²) in [6.07, 6.45) is 4.25. The maximum atomic E-state index is 5.98. The van der Waals surface area contributed by atoms with E-state index in [1.54, 1.807) is 0 Å². The molecule has 2 N–H and O–H groups in total. The van der Waals surface area contributed by atoms with Crippen LogP contribution < -0.4 is 5.73 Å². The predicted molar refractivity (Wildman–Crippen MR) is 78.3 cm³/mol. The lowest BCUT2D eigenvalue weighted by atomic mass is 10.2. The Morgan fingerprint density at radius 1 is 1.25 bits per heavy atom. The van der Waals surface area contributed by atoms with Crippen molar-refractivity contribution >= 4 is 16.9 Å². The van der Waals surface area contributed by atoms with Crippen molar-refractivity contribution in [2.45, 2.75) is 26.8 Å². The van der Waals surface area contributed by atoms with Gasteiger partial charge in [0.1, 0.15) is 17.8 Å². The van der Waals surface area contributed by atoms with Crippen LogP contribution in [0.1, 0.15) is 17.0 Å². The molecule has 20 heavy (non-hydrogen) atoms. The van der Waals surface area contributed by atoms with E-state index in [2.05, 4.69) is 33.5 Å². The number of aryl methyl sites for hydroxylation is 4. The number of nitrogen functional groups attached to an aromatic ring is 1. The smallest absolute Gasteiger partial charge is 0.145 e. The number of fused-ring (bicyclic) bond motifs is 1. The second kappa shape index (κ2) is 4.63. The van der Waals surface area contributed by atoms with E-state index in [0.29, 0.717) is 5.82 Å². The first-order valence-corrected chi connectivity index (χ1v) is 6.62. The number of nitrogens with zero attached hydrogens (tertiary/aromatic N) is 5. The van der Waals surface area contributed by atoms with Crippen LogP contribution in [-0.4, -0.2) is 24.3 Å². The standard InChI is InChI=1S/C14H18N6/c1-9-10(2)20(7-5-11-4-6-18-19(11)3)14-12(9)13(15)16-8-17-14/h4,6,8H,5,7H2,1-3H3,(H2,15,16,17). The van der Waals surface area contributed by atoms with E-state index in [1.165, 1.54) is 17.7 Å². The second-order valence-electron chi connectivity index (χ2n) is 5.02. The molecule has 0 aliphatic carbocycles. The van der Waals surface area contributed by atoms with Crippen molar-refractivity contribution in [1.82, 2.24) is 24.3 Å². The summed E-state index contributed by atoms with van der Waals surface area (Å²) in [5, 5.41) is 5.16. The lowest BCUT2D eigenvalue weighted by Crippen LogP contribution is -2.07. The number of nitrogens with two attached hydrogens (primary N) is 1. The summed E-state index contributed by atoms with van der Waals surface area (Å²) in [7, 11) is 1.96. The molecule has 3 aromatic heterocycles. The normalized spacial score (nSPS) is 11.3. The van der Waals surface area contributed by atoms with Gasteiger partial charge < -0.3 is 10.3 Å². The summed E-state index contributed by atoms with van der Waals surface area (Å²) in [5.74, 6) is 0.551. The first-order chi connectivity index (χ1) is 9.59. The molecular weight excluding hydrogens is 252 g/mol. The van der Waals surface area contributed by atoms with Crippen molar-refractivity contribution in [3.63, 3.8) is 0 Å². The fraction of sp³-hybridized carbons (Fsp3) is 0.357. The van der Waals surface area contributed by atoms with E-state index in [1.807, 2.05) is 24.0 Å². The zero-order chi connectivity index (χ0) is 14.3. The molecule has 0 aromatic carbocycles. The largest absolute Gasteiger partial charge is 0.383 e. The average molecular weight is 270 g/mol. The van der Waals surface area contributed by atoms with Crippen molar-refractivity contribution in [3.8, 4) is 0 Å². The van der Waals surface area contributed by atoms with E-state index in [9.17, 15) is 0 Å². The van der Waals surface area contributed by atoms with Gasteiger partial charge in [0, 0.05) is 37.6 Å². The van der Waals surface area contributed by atoms with Gasteiger partial charge in [-0.3, -0.25) is 4.68 Å². The molecule has 0 fully saturated rings. The fourth-order valence-corrected chi connectivity index (χ4v) is 2.64. The third-order valence-electron chi connectivity index (χ3n) is 3.95. The quantitative estimate of drug-likeness (QED) is 0.784. The molecule has 3 aromatic rings. The van der Waals surface area contributed by atoms with Crippen molar-refractivity contribution in [2.75, 3.05) is 5.73 Å². The summed E-state index contributed by atoms with van der Waals surface area (Å²) in [4.78, 5) is 8.48. The Labute approximate surface area is 117 Å². The molecule has 3 heterocycles. The van der Waals surface area contributed by atoms with E-state index >= 15 is 0 Å². The van der Waals surface area contributed by atoms with E-state index in [-0.39, 0.29) is 0 Å². The highest BCUT2D eigenvalue weighted by Gasteiger charge is 2.15. The number of anilines is 1. The molecule has 6 heteroatoms. The van der Waals surface area contributed by atoms with Gasteiger partial charge in [-0.15, -0.1) is 0 Å². The lowest BCUT2D eigenvalue weighted by Gasteiger charge is -2.08. The summed E-state index contributed by atoms with van der Waals surface area (Å²) in [6, 6.07) is 2.04. The molecule has 0 saturated carbocycles. The summed E-state index contributed by atoms with van der Waals surface area (Å²) < 4.78 is 4.10. The van der Waals surface area contributed by atoms with E-state index in [0.717, 1.165) is 29.6 Å². The first kappa shape index (κ1) is 12.7. The predicted octanol–water partition coefficient (Wildman–Crippen LogP) is 1.61. The first-order valence-electron chi connectivity index (χ1n) is 6.62. The van der Waals surface area contributed by atoms with Crippen molar-refractivity contribution < 1.29 is 0 Å². The summed E-state index contributed by atoms with van der Waals surface area (Å²) >= 11 is 0. The highest BCUT2D eigenvalue weighted by molar-refractivity contribution is 5.90. The third kappa shape index (κ3) is 1.84. The Balaban J connectivity index is 2.02. The van der Waals surface area contributed by atoms with Crippen LogP contribution in [0.15, 0.2) is 18.6 Å². The van der Waals surface area contributed by atoms with Gasteiger partial charge >= 0.3 is 0 Å². The van der Waals surface area contributed by atoms with Crippen molar-refractivity contribution in [1.29, 1.82) is 0 Å². The van der Waals surface area contributed by atoms with Gasteiger partial charge in [0.25, 0.3) is 0 Å². The van der Waals surface area contributed by atoms with Crippen molar-refractivity contribution in [3.05, 3.63) is 35.5 Å². The Bertz CT molecular complexity index is 767. The highest BCUT2D eigenvalue weighted by Crippen LogP contribution is 2.27. The van der Waals surface area contributed by atoms with Crippen LogP contribution >= 0.6 is 0 Å². The second-order valence-corrected chi connectivity index (χ2v) is 5.02. The van der Waals surface area contributed by atoms with Crippen LogP contribution in [0.3, 0.4) is 0 Å². The minimum Gasteiger partial charge on any atom is -0.383 e. The average Bonchev–Trinajstić information content (AvgIpc) is 2.93. The van der Waals surface area contributed by atoms with E-state index < -0.39 is 0 Å².